The third-order valence-electron chi connectivity index (χ3n) is 3.50. The lowest BCUT2D eigenvalue weighted by atomic mass is 10.1. The van der Waals surface area contributed by atoms with Crippen molar-refractivity contribution in [2.75, 3.05) is 14.1 Å². The molecular weight excluding hydrogens is 335 g/mol. The second kappa shape index (κ2) is 8.11. The molecule has 1 N–H and O–H groups in total. The van der Waals surface area contributed by atoms with E-state index in [1.165, 1.54) is 0 Å². The number of aliphatic hydroxyl groups excluding tert-OH is 1. The number of aromatic nitrogens is 3. The van der Waals surface area contributed by atoms with Gasteiger partial charge in [0.15, 0.2) is 5.82 Å². The zero-order chi connectivity index (χ0) is 17.0. The van der Waals surface area contributed by atoms with Crippen LogP contribution in [0.4, 0.5) is 0 Å². The van der Waals surface area contributed by atoms with Gasteiger partial charge in [0.1, 0.15) is 5.82 Å². The van der Waals surface area contributed by atoms with Gasteiger partial charge in [0.2, 0.25) is 0 Å². The number of hydrogen-bond donors (Lipinski definition) is 1. The summed E-state index contributed by atoms with van der Waals surface area (Å²) < 4.78 is 1.77. The monoisotopic (exact) mass is 356 g/mol. The highest BCUT2D eigenvalue weighted by molar-refractivity contribution is 6.36. The summed E-state index contributed by atoms with van der Waals surface area (Å²) in [4.78, 5) is 6.62. The van der Waals surface area contributed by atoms with Crippen molar-refractivity contribution in [3.05, 3.63) is 45.5 Å². The summed E-state index contributed by atoms with van der Waals surface area (Å²) in [5, 5.41) is 15.7. The van der Waals surface area contributed by atoms with Gasteiger partial charge in [0.05, 0.1) is 19.2 Å². The average Bonchev–Trinajstić information content (AvgIpc) is 2.84. The van der Waals surface area contributed by atoms with E-state index in [4.69, 9.17) is 23.2 Å². The first-order valence-electron chi connectivity index (χ1n) is 7.59. The number of rotatable bonds is 7. The minimum Gasteiger partial charge on any atom is -0.391 e. The molecule has 2 rings (SSSR count). The molecule has 0 saturated heterocycles. The molecule has 1 heterocycles. The van der Waals surface area contributed by atoms with Crippen LogP contribution in [0.1, 0.15) is 30.6 Å². The summed E-state index contributed by atoms with van der Waals surface area (Å²) in [7, 11) is 3.94. The van der Waals surface area contributed by atoms with Crippen molar-refractivity contribution in [3.8, 4) is 0 Å². The Hall–Kier alpha value is -1.14. The summed E-state index contributed by atoms with van der Waals surface area (Å²) in [6, 6.07) is 5.43. The number of hydrogen-bond acceptors (Lipinski definition) is 4. The van der Waals surface area contributed by atoms with Gasteiger partial charge in [-0.1, -0.05) is 36.2 Å². The highest BCUT2D eigenvalue weighted by Gasteiger charge is 2.16. The second-order valence-corrected chi connectivity index (χ2v) is 6.62. The second-order valence-electron chi connectivity index (χ2n) is 5.80. The predicted molar refractivity (Wildman–Crippen MR) is 93.0 cm³/mol. The standard InChI is InChI=1S/C16H22Cl2N4O/c1-4-11(23)9-22-16(10-21(2)3)19-15(20-22)8-12-13(17)6-5-7-14(12)18/h5-7,11,23H,4,8-10H2,1-3H3/t11-/m0/s1. The van der Waals surface area contributed by atoms with Gasteiger partial charge in [-0.3, -0.25) is 0 Å². The summed E-state index contributed by atoms with van der Waals surface area (Å²) >= 11 is 12.4. The molecule has 0 fully saturated rings. The first kappa shape index (κ1) is 18.2. The molecule has 0 aliphatic rings. The zero-order valence-electron chi connectivity index (χ0n) is 13.6. The van der Waals surface area contributed by atoms with Crippen LogP contribution in [-0.4, -0.2) is 45.0 Å². The van der Waals surface area contributed by atoms with Gasteiger partial charge in [0, 0.05) is 16.5 Å². The van der Waals surface area contributed by atoms with Crippen molar-refractivity contribution in [3.63, 3.8) is 0 Å². The van der Waals surface area contributed by atoms with Crippen LogP contribution in [0.3, 0.4) is 0 Å². The Labute approximate surface area is 146 Å². The van der Waals surface area contributed by atoms with Crippen LogP contribution in [-0.2, 0) is 19.5 Å². The Morgan fingerprint density at radius 3 is 2.48 bits per heavy atom. The van der Waals surface area contributed by atoms with Crippen LogP contribution in [0.15, 0.2) is 18.2 Å². The maximum absolute atomic E-state index is 9.91. The average molecular weight is 357 g/mol. The van der Waals surface area contributed by atoms with Crippen molar-refractivity contribution in [2.24, 2.45) is 0 Å². The Bertz CT molecular complexity index is 637. The summed E-state index contributed by atoms with van der Waals surface area (Å²) in [6.07, 6.45) is 0.704. The van der Waals surface area contributed by atoms with Gasteiger partial charge in [-0.05, 0) is 38.2 Å². The smallest absolute Gasteiger partial charge is 0.155 e. The van der Waals surface area contributed by atoms with E-state index in [0.29, 0.717) is 41.8 Å². The van der Waals surface area contributed by atoms with Crippen molar-refractivity contribution in [1.29, 1.82) is 0 Å². The third kappa shape index (κ3) is 4.91. The van der Waals surface area contributed by atoms with Gasteiger partial charge in [-0.15, -0.1) is 0 Å². The number of halogens is 2. The molecule has 5 nitrogen and oxygen atoms in total. The summed E-state index contributed by atoms with van der Waals surface area (Å²) in [5.41, 5.74) is 0.820. The Balaban J connectivity index is 2.28. The van der Waals surface area contributed by atoms with Crippen LogP contribution in [0.2, 0.25) is 10.0 Å². The fourth-order valence-corrected chi connectivity index (χ4v) is 2.77. The van der Waals surface area contributed by atoms with Gasteiger partial charge in [0.25, 0.3) is 0 Å². The first-order chi connectivity index (χ1) is 10.9. The zero-order valence-corrected chi connectivity index (χ0v) is 15.1. The predicted octanol–water partition coefficient (Wildman–Crippen LogP) is 3.01. The molecule has 1 aromatic heterocycles. The molecule has 0 aliphatic heterocycles. The molecule has 0 spiro atoms. The maximum atomic E-state index is 9.91. The molecule has 0 bridgehead atoms. The Kier molecular flexibility index (Phi) is 6.41. The molecule has 1 aromatic carbocycles. The SMILES string of the molecule is CC[C@H](O)Cn1nc(Cc2c(Cl)cccc2Cl)nc1CN(C)C. The molecule has 1 atom stereocenters. The minimum absolute atomic E-state index is 0.433. The molecule has 7 heteroatoms. The van der Waals surface area contributed by atoms with E-state index < -0.39 is 6.10 Å². The summed E-state index contributed by atoms with van der Waals surface area (Å²) in [6.45, 7) is 3.03. The fourth-order valence-electron chi connectivity index (χ4n) is 2.24. The van der Waals surface area contributed by atoms with E-state index in [-0.39, 0.29) is 0 Å². The molecule has 126 valence electrons. The molecule has 2 aromatic rings. The van der Waals surface area contributed by atoms with Crippen molar-refractivity contribution in [2.45, 2.75) is 39.0 Å². The van der Waals surface area contributed by atoms with E-state index in [9.17, 15) is 5.11 Å². The molecule has 0 unspecified atom stereocenters. The van der Waals surface area contributed by atoms with Crippen LogP contribution < -0.4 is 0 Å². The normalized spacial score (nSPS) is 12.8. The topological polar surface area (TPSA) is 54.2 Å². The van der Waals surface area contributed by atoms with E-state index in [1.54, 1.807) is 16.8 Å². The molecular formula is C16H22Cl2N4O. The number of benzene rings is 1. The van der Waals surface area contributed by atoms with Gasteiger partial charge in [-0.2, -0.15) is 5.10 Å². The molecule has 0 saturated carbocycles. The van der Waals surface area contributed by atoms with Crippen molar-refractivity contribution < 1.29 is 5.11 Å². The lowest BCUT2D eigenvalue weighted by Gasteiger charge is -2.12. The molecule has 0 aliphatic carbocycles. The Morgan fingerprint density at radius 1 is 1.26 bits per heavy atom. The lowest BCUT2D eigenvalue weighted by Crippen LogP contribution is -2.21. The quantitative estimate of drug-likeness (QED) is 0.828. The largest absolute Gasteiger partial charge is 0.391 e. The highest BCUT2D eigenvalue weighted by atomic mass is 35.5. The fraction of sp³-hybridized carbons (Fsp3) is 0.500. The third-order valence-corrected chi connectivity index (χ3v) is 4.21. The van der Waals surface area contributed by atoms with Crippen LogP contribution >= 0.6 is 23.2 Å². The van der Waals surface area contributed by atoms with Crippen LogP contribution in [0.25, 0.3) is 0 Å². The summed E-state index contributed by atoms with van der Waals surface area (Å²) in [5.74, 6) is 1.47. The Morgan fingerprint density at radius 2 is 1.91 bits per heavy atom. The van der Waals surface area contributed by atoms with Gasteiger partial charge >= 0.3 is 0 Å². The van der Waals surface area contributed by atoms with Crippen molar-refractivity contribution >= 4 is 23.2 Å². The molecule has 23 heavy (non-hydrogen) atoms. The first-order valence-corrected chi connectivity index (χ1v) is 8.34. The van der Waals surface area contributed by atoms with Crippen molar-refractivity contribution in [1.82, 2.24) is 19.7 Å². The molecule has 0 radical (unpaired) electrons. The van der Waals surface area contributed by atoms with E-state index >= 15 is 0 Å². The van der Waals surface area contributed by atoms with E-state index in [0.717, 1.165) is 11.4 Å². The molecule has 0 amide bonds. The number of aliphatic hydroxyl groups is 1. The van der Waals surface area contributed by atoms with Crippen LogP contribution in [0, 0.1) is 0 Å². The van der Waals surface area contributed by atoms with Crippen LogP contribution in [0.5, 0.6) is 0 Å². The lowest BCUT2D eigenvalue weighted by molar-refractivity contribution is 0.142. The van der Waals surface area contributed by atoms with E-state index in [1.807, 2.05) is 32.0 Å². The van der Waals surface area contributed by atoms with Gasteiger partial charge in [-0.25, -0.2) is 9.67 Å². The highest BCUT2D eigenvalue weighted by Crippen LogP contribution is 2.26. The maximum Gasteiger partial charge on any atom is 0.155 e. The van der Waals surface area contributed by atoms with Gasteiger partial charge < -0.3 is 10.0 Å². The number of nitrogens with zero attached hydrogens (tertiary/aromatic N) is 4. The minimum atomic E-state index is -0.436. The van der Waals surface area contributed by atoms with E-state index in [2.05, 4.69) is 10.1 Å².